The molecule has 0 saturated heterocycles. The van der Waals surface area contributed by atoms with Crippen LogP contribution in [0.25, 0.3) is 10.9 Å². The third-order valence-electron chi connectivity index (χ3n) is 4.25. The molecule has 0 spiro atoms. The van der Waals surface area contributed by atoms with Gasteiger partial charge in [0.2, 0.25) is 0 Å². The molecular formula is C20H18ClNO4. The maximum absolute atomic E-state index is 12.4. The van der Waals surface area contributed by atoms with Crippen LogP contribution in [0.15, 0.2) is 42.5 Å². The topological polar surface area (TPSA) is 57.5 Å². The molecular weight excluding hydrogens is 354 g/mol. The predicted molar refractivity (Wildman–Crippen MR) is 100 cm³/mol. The highest BCUT2D eigenvalue weighted by Gasteiger charge is 2.21. The summed E-state index contributed by atoms with van der Waals surface area (Å²) in [5, 5.41) is 0.995. The number of hydrogen-bond acceptors (Lipinski definition) is 4. The molecule has 134 valence electrons. The Kier molecular flexibility index (Phi) is 5.00. The molecule has 1 heterocycles. The molecule has 3 aromatic rings. The van der Waals surface area contributed by atoms with Crippen LogP contribution in [-0.2, 0) is 11.8 Å². The van der Waals surface area contributed by atoms with Crippen molar-refractivity contribution in [2.24, 2.45) is 7.05 Å². The highest BCUT2D eigenvalue weighted by molar-refractivity contribution is 6.33. The van der Waals surface area contributed by atoms with Gasteiger partial charge in [-0.15, -0.1) is 0 Å². The van der Waals surface area contributed by atoms with Crippen molar-refractivity contribution in [1.82, 2.24) is 4.57 Å². The van der Waals surface area contributed by atoms with Crippen LogP contribution >= 0.6 is 11.6 Å². The first-order chi connectivity index (χ1) is 12.4. The van der Waals surface area contributed by atoms with Gasteiger partial charge < -0.3 is 14.0 Å². The van der Waals surface area contributed by atoms with Gasteiger partial charge in [0.25, 0.3) is 0 Å². The Balaban J connectivity index is 2.01. The summed E-state index contributed by atoms with van der Waals surface area (Å²) in [6, 6.07) is 11.8. The van der Waals surface area contributed by atoms with Crippen molar-refractivity contribution < 1.29 is 19.1 Å². The molecule has 5 nitrogen and oxygen atoms in total. The quantitative estimate of drug-likeness (QED) is 0.499. The lowest BCUT2D eigenvalue weighted by Crippen LogP contribution is -2.09. The summed E-state index contributed by atoms with van der Waals surface area (Å²) in [6.45, 7) is 3.90. The Hall–Kier alpha value is -2.79. The number of ether oxygens (including phenoxy) is 2. The first-order valence-electron chi connectivity index (χ1n) is 8.17. The molecule has 0 unspecified atom stereocenters. The summed E-state index contributed by atoms with van der Waals surface area (Å²) in [5.74, 6) is -0.621. The number of carbonyl (C=O) groups excluding carboxylic acids is 2. The van der Waals surface area contributed by atoms with Gasteiger partial charge in [-0.2, -0.15) is 0 Å². The average Bonchev–Trinajstić information content (AvgIpc) is 2.86. The second-order valence-corrected chi connectivity index (χ2v) is 6.20. The number of carbonyl (C=O) groups is 2. The molecule has 2 aromatic carbocycles. The van der Waals surface area contributed by atoms with E-state index in [2.05, 4.69) is 0 Å². The van der Waals surface area contributed by atoms with E-state index in [4.69, 9.17) is 21.1 Å². The molecule has 0 atom stereocenters. The molecule has 0 fully saturated rings. The molecule has 3 rings (SSSR count). The minimum Gasteiger partial charge on any atom is -0.462 e. The molecule has 0 amide bonds. The van der Waals surface area contributed by atoms with E-state index < -0.39 is 11.9 Å². The molecule has 26 heavy (non-hydrogen) atoms. The third kappa shape index (κ3) is 3.18. The van der Waals surface area contributed by atoms with E-state index in [9.17, 15) is 9.59 Å². The molecule has 6 heteroatoms. The number of esters is 2. The van der Waals surface area contributed by atoms with E-state index >= 15 is 0 Å². The van der Waals surface area contributed by atoms with E-state index in [-0.39, 0.29) is 12.2 Å². The molecule has 0 bridgehead atoms. The first-order valence-corrected chi connectivity index (χ1v) is 8.54. The number of benzene rings is 2. The van der Waals surface area contributed by atoms with Crippen molar-refractivity contribution in [3.8, 4) is 5.75 Å². The van der Waals surface area contributed by atoms with Gasteiger partial charge >= 0.3 is 11.9 Å². The van der Waals surface area contributed by atoms with E-state index in [1.54, 1.807) is 49.4 Å². The maximum atomic E-state index is 12.4. The number of aromatic nitrogens is 1. The zero-order valence-electron chi connectivity index (χ0n) is 14.7. The number of fused-ring (bicyclic) bond motifs is 1. The molecule has 0 N–H and O–H groups in total. The van der Waals surface area contributed by atoms with Crippen LogP contribution in [0.4, 0.5) is 0 Å². The van der Waals surface area contributed by atoms with Crippen LogP contribution < -0.4 is 4.74 Å². The van der Waals surface area contributed by atoms with Gasteiger partial charge in [0.1, 0.15) is 5.75 Å². The summed E-state index contributed by atoms with van der Waals surface area (Å²) < 4.78 is 12.5. The summed E-state index contributed by atoms with van der Waals surface area (Å²) in [6.07, 6.45) is 0. The fourth-order valence-electron chi connectivity index (χ4n) is 2.86. The average molecular weight is 372 g/mol. The van der Waals surface area contributed by atoms with E-state index in [1.165, 1.54) is 0 Å². The van der Waals surface area contributed by atoms with Crippen molar-refractivity contribution in [2.75, 3.05) is 6.61 Å². The van der Waals surface area contributed by atoms with Gasteiger partial charge in [-0.1, -0.05) is 23.7 Å². The molecule has 0 aliphatic carbocycles. The van der Waals surface area contributed by atoms with Crippen molar-refractivity contribution >= 4 is 34.4 Å². The predicted octanol–water partition coefficient (Wildman–Crippen LogP) is 4.54. The number of nitrogens with zero attached hydrogens (tertiary/aromatic N) is 1. The maximum Gasteiger partial charge on any atom is 0.345 e. The fraction of sp³-hybridized carbons (Fsp3) is 0.200. The molecule has 1 aromatic heterocycles. The second-order valence-electron chi connectivity index (χ2n) is 5.79. The van der Waals surface area contributed by atoms with Gasteiger partial charge in [-0.25, -0.2) is 9.59 Å². The first kappa shape index (κ1) is 18.0. The fourth-order valence-corrected chi connectivity index (χ4v) is 3.08. The minimum atomic E-state index is -0.555. The van der Waals surface area contributed by atoms with Crippen LogP contribution in [0.2, 0.25) is 5.02 Å². The highest BCUT2D eigenvalue weighted by Crippen LogP contribution is 2.30. The van der Waals surface area contributed by atoms with E-state index in [0.29, 0.717) is 21.7 Å². The smallest absolute Gasteiger partial charge is 0.345 e. The van der Waals surface area contributed by atoms with Crippen molar-refractivity contribution in [2.45, 2.75) is 13.8 Å². The van der Waals surface area contributed by atoms with Gasteiger partial charge in [0.05, 0.1) is 22.8 Å². The Bertz CT molecular complexity index is 1010. The second kappa shape index (κ2) is 7.22. The third-order valence-corrected chi connectivity index (χ3v) is 4.58. The monoisotopic (exact) mass is 371 g/mol. The van der Waals surface area contributed by atoms with Crippen LogP contribution in [0.1, 0.15) is 33.3 Å². The normalized spacial score (nSPS) is 10.8. The van der Waals surface area contributed by atoms with Gasteiger partial charge in [0, 0.05) is 23.6 Å². The largest absolute Gasteiger partial charge is 0.462 e. The summed E-state index contributed by atoms with van der Waals surface area (Å²) in [4.78, 5) is 24.7. The van der Waals surface area contributed by atoms with Gasteiger partial charge in [0.15, 0.2) is 0 Å². The zero-order chi connectivity index (χ0) is 18.8. The SMILES string of the molecule is CCOC(=O)c1c(C)n(C)c2ccc(OC(=O)c3ccccc3Cl)cc12. The number of rotatable bonds is 4. The van der Waals surface area contributed by atoms with Gasteiger partial charge in [-0.05, 0) is 44.2 Å². The Morgan fingerprint density at radius 3 is 2.54 bits per heavy atom. The van der Waals surface area contributed by atoms with E-state index in [0.717, 1.165) is 11.2 Å². The molecule has 0 saturated carbocycles. The Morgan fingerprint density at radius 2 is 1.85 bits per heavy atom. The number of halogens is 1. The van der Waals surface area contributed by atoms with Gasteiger partial charge in [-0.3, -0.25) is 0 Å². The number of hydrogen-bond donors (Lipinski definition) is 0. The molecule has 0 radical (unpaired) electrons. The summed E-state index contributed by atoms with van der Waals surface area (Å²) in [7, 11) is 1.87. The molecule has 0 aliphatic rings. The molecule has 0 aliphatic heterocycles. The lowest BCUT2D eigenvalue weighted by atomic mass is 10.1. The van der Waals surface area contributed by atoms with Crippen LogP contribution in [-0.4, -0.2) is 23.1 Å². The standard InChI is InChI=1S/C20H18ClNO4/c1-4-25-20(24)18-12(2)22(3)17-10-9-13(11-15(17)18)26-19(23)14-7-5-6-8-16(14)21/h5-11H,4H2,1-3H3. The lowest BCUT2D eigenvalue weighted by molar-refractivity contribution is 0.0527. The minimum absolute atomic E-state index is 0.282. The van der Waals surface area contributed by atoms with Crippen LogP contribution in [0.5, 0.6) is 5.75 Å². The summed E-state index contributed by atoms with van der Waals surface area (Å²) in [5.41, 5.74) is 2.39. The summed E-state index contributed by atoms with van der Waals surface area (Å²) >= 11 is 6.04. The van der Waals surface area contributed by atoms with Crippen molar-refractivity contribution in [1.29, 1.82) is 0 Å². The van der Waals surface area contributed by atoms with Crippen LogP contribution in [0, 0.1) is 6.92 Å². The lowest BCUT2D eigenvalue weighted by Gasteiger charge is -2.07. The van der Waals surface area contributed by atoms with E-state index in [1.807, 2.05) is 18.5 Å². The Morgan fingerprint density at radius 1 is 1.12 bits per heavy atom. The van der Waals surface area contributed by atoms with Crippen molar-refractivity contribution in [3.63, 3.8) is 0 Å². The number of aryl methyl sites for hydroxylation is 1. The van der Waals surface area contributed by atoms with Crippen molar-refractivity contribution in [3.05, 3.63) is 64.3 Å². The van der Waals surface area contributed by atoms with Crippen LogP contribution in [0.3, 0.4) is 0 Å². The highest BCUT2D eigenvalue weighted by atomic mass is 35.5. The zero-order valence-corrected chi connectivity index (χ0v) is 15.5. The Labute approximate surface area is 156 Å².